The molecule has 6 rings (SSSR count). The van der Waals surface area contributed by atoms with Crippen LogP contribution >= 0.6 is 0 Å². The van der Waals surface area contributed by atoms with E-state index in [4.69, 9.17) is 16.0 Å². The molecule has 3 heterocycles. The van der Waals surface area contributed by atoms with E-state index in [0.717, 1.165) is 38.1 Å². The molecule has 4 N–H and O–H groups in total. The molecule has 1 saturated carbocycles. The summed E-state index contributed by atoms with van der Waals surface area (Å²) in [6, 6.07) is 14.0. The highest BCUT2D eigenvalue weighted by Gasteiger charge is 2.30. The van der Waals surface area contributed by atoms with Gasteiger partial charge < -0.3 is 21.3 Å². The molecule has 0 radical (unpaired) electrons. The summed E-state index contributed by atoms with van der Waals surface area (Å²) >= 11 is 0. The van der Waals surface area contributed by atoms with Crippen LogP contribution < -0.4 is 21.3 Å². The minimum Gasteiger partial charge on any atom is -0.369 e. The zero-order valence-electron chi connectivity index (χ0n) is 22.9. The lowest BCUT2D eigenvalue weighted by Crippen LogP contribution is -2.42. The first-order chi connectivity index (χ1) is 20.4. The van der Waals surface area contributed by atoms with Gasteiger partial charge in [-0.3, -0.25) is 9.36 Å². The van der Waals surface area contributed by atoms with Crippen molar-refractivity contribution in [2.45, 2.75) is 50.6 Å². The minimum absolute atomic E-state index is 0.121. The Morgan fingerprint density at radius 1 is 1.05 bits per heavy atom. The molecule has 0 spiro atoms. The van der Waals surface area contributed by atoms with Gasteiger partial charge in [-0.05, 0) is 62.8 Å². The Morgan fingerprint density at radius 3 is 2.48 bits per heavy atom. The van der Waals surface area contributed by atoms with Gasteiger partial charge in [-0.1, -0.05) is 18.2 Å². The largest absolute Gasteiger partial charge is 0.369 e. The molecule has 10 nitrogen and oxygen atoms in total. The summed E-state index contributed by atoms with van der Waals surface area (Å²) in [6.07, 6.45) is 6.00. The maximum atomic E-state index is 14.8. The van der Waals surface area contributed by atoms with E-state index < -0.39 is 17.3 Å². The summed E-state index contributed by atoms with van der Waals surface area (Å²) in [5.74, 6) is -1.71. The Bertz CT molecular complexity index is 1620. The fourth-order valence-electron chi connectivity index (χ4n) is 6.03. The lowest BCUT2D eigenvalue weighted by molar-refractivity contribution is -0.122. The quantitative estimate of drug-likeness (QED) is 0.281. The Kier molecular flexibility index (Phi) is 7.56. The summed E-state index contributed by atoms with van der Waals surface area (Å²) < 4.78 is 31.5. The summed E-state index contributed by atoms with van der Waals surface area (Å²) in [6.45, 7) is 1.77. The number of halogens is 2. The van der Waals surface area contributed by atoms with Crippen molar-refractivity contribution in [1.82, 2.24) is 19.5 Å². The standard InChI is InChI=1S/C30H31F2N9O/c31-23-13-18(15-33)14-24(32)26(23)38-30-37-25-16-35-29(36-20-5-4-12-40(17-20)21-6-2-1-3-7-21)39-28(25)41(30)22-10-8-19(9-11-22)27(34)42/h1-3,6-7,13-14,16,19-20,22H,4-5,8-12,17H2,(H2,34,42)(H,37,38)(H,35,36,39)/t19?,20-,22?/m1/s1. The van der Waals surface area contributed by atoms with Crippen molar-refractivity contribution in [3.8, 4) is 6.07 Å². The van der Waals surface area contributed by atoms with E-state index in [2.05, 4.69) is 37.6 Å². The molecule has 1 amide bonds. The molecule has 2 aromatic heterocycles. The van der Waals surface area contributed by atoms with E-state index in [1.807, 2.05) is 22.8 Å². The fourth-order valence-corrected chi connectivity index (χ4v) is 6.03. The Labute approximate surface area is 241 Å². The summed E-state index contributed by atoms with van der Waals surface area (Å²) in [4.78, 5) is 28.1. The number of nitriles is 1. The number of anilines is 4. The summed E-state index contributed by atoms with van der Waals surface area (Å²) in [7, 11) is 0. The number of hydrogen-bond donors (Lipinski definition) is 3. The third-order valence-corrected chi connectivity index (χ3v) is 8.18. The van der Waals surface area contributed by atoms with Crippen LogP contribution in [0.25, 0.3) is 11.2 Å². The molecule has 0 unspecified atom stereocenters. The van der Waals surface area contributed by atoms with Gasteiger partial charge in [-0.2, -0.15) is 10.2 Å². The monoisotopic (exact) mass is 571 g/mol. The number of aromatic nitrogens is 4. The van der Waals surface area contributed by atoms with Crippen molar-refractivity contribution >= 4 is 40.3 Å². The van der Waals surface area contributed by atoms with Crippen LogP contribution in [-0.2, 0) is 4.79 Å². The van der Waals surface area contributed by atoms with Crippen LogP contribution in [0, 0.1) is 28.9 Å². The fraction of sp³-hybridized carbons (Fsp3) is 0.367. The van der Waals surface area contributed by atoms with Gasteiger partial charge in [0.15, 0.2) is 17.3 Å². The number of nitrogens with one attached hydrogen (secondary N) is 2. The first kappa shape index (κ1) is 27.4. The average Bonchev–Trinajstić information content (AvgIpc) is 3.36. The Hall–Kier alpha value is -4.79. The number of primary amides is 1. The van der Waals surface area contributed by atoms with E-state index in [9.17, 15) is 13.6 Å². The van der Waals surface area contributed by atoms with Crippen molar-refractivity contribution in [1.29, 1.82) is 5.26 Å². The van der Waals surface area contributed by atoms with Gasteiger partial charge in [-0.15, -0.1) is 0 Å². The van der Waals surface area contributed by atoms with Gasteiger partial charge >= 0.3 is 0 Å². The molecule has 1 atom stereocenters. The Morgan fingerprint density at radius 2 is 1.79 bits per heavy atom. The van der Waals surface area contributed by atoms with E-state index in [0.29, 0.717) is 42.8 Å². The SMILES string of the molecule is N#Cc1cc(F)c(Nc2nc3cnc(N[C@@H]4CCCN(c5ccccc5)C4)nc3n2C2CCC(C(N)=O)CC2)c(F)c1. The second kappa shape index (κ2) is 11.6. The smallest absolute Gasteiger partial charge is 0.225 e. The molecule has 1 aliphatic heterocycles. The van der Waals surface area contributed by atoms with Crippen LogP contribution in [0.5, 0.6) is 0 Å². The van der Waals surface area contributed by atoms with Crippen LogP contribution in [0.2, 0.25) is 0 Å². The third kappa shape index (κ3) is 5.54. The molecule has 2 aromatic carbocycles. The van der Waals surface area contributed by atoms with Crippen LogP contribution in [0.1, 0.15) is 50.1 Å². The number of carbonyl (C=O) groups is 1. The topological polar surface area (TPSA) is 138 Å². The number of fused-ring (bicyclic) bond motifs is 1. The number of para-hydroxylation sites is 1. The highest BCUT2D eigenvalue weighted by atomic mass is 19.1. The molecule has 12 heteroatoms. The number of imidazole rings is 1. The predicted octanol–water partition coefficient (Wildman–Crippen LogP) is 5.02. The van der Waals surface area contributed by atoms with Gasteiger partial charge in [0.25, 0.3) is 0 Å². The third-order valence-electron chi connectivity index (χ3n) is 8.18. The average molecular weight is 572 g/mol. The molecule has 1 aliphatic carbocycles. The second-order valence-electron chi connectivity index (χ2n) is 10.9. The molecule has 216 valence electrons. The number of hydrogen-bond acceptors (Lipinski definition) is 8. The first-order valence-electron chi connectivity index (χ1n) is 14.2. The number of rotatable bonds is 7. The van der Waals surface area contributed by atoms with Crippen LogP contribution in [0.15, 0.2) is 48.7 Å². The maximum Gasteiger partial charge on any atom is 0.225 e. The second-order valence-corrected chi connectivity index (χ2v) is 10.9. The minimum atomic E-state index is -0.906. The normalized spacial score (nSPS) is 20.7. The van der Waals surface area contributed by atoms with Crippen LogP contribution in [0.4, 0.5) is 32.1 Å². The molecule has 4 aromatic rings. The van der Waals surface area contributed by atoms with Crippen molar-refractivity contribution in [2.24, 2.45) is 11.7 Å². The van der Waals surface area contributed by atoms with E-state index in [-0.39, 0.29) is 35.4 Å². The van der Waals surface area contributed by atoms with Crippen LogP contribution in [0.3, 0.4) is 0 Å². The molecular weight excluding hydrogens is 540 g/mol. The predicted molar refractivity (Wildman–Crippen MR) is 155 cm³/mol. The van der Waals surface area contributed by atoms with E-state index in [1.165, 1.54) is 5.69 Å². The number of nitrogens with zero attached hydrogens (tertiary/aromatic N) is 6. The van der Waals surface area contributed by atoms with Gasteiger partial charge in [0.05, 0.1) is 17.8 Å². The number of nitrogens with two attached hydrogens (primary N) is 1. The number of amides is 1. The van der Waals surface area contributed by atoms with E-state index >= 15 is 0 Å². The maximum absolute atomic E-state index is 14.8. The zero-order valence-corrected chi connectivity index (χ0v) is 22.9. The highest BCUT2D eigenvalue weighted by Crippen LogP contribution is 2.37. The first-order valence-corrected chi connectivity index (χ1v) is 14.2. The van der Waals surface area contributed by atoms with Gasteiger partial charge in [0.1, 0.15) is 11.2 Å². The lowest BCUT2D eigenvalue weighted by Gasteiger charge is -2.34. The number of piperidine rings is 1. The van der Waals surface area contributed by atoms with Crippen molar-refractivity contribution in [3.63, 3.8) is 0 Å². The van der Waals surface area contributed by atoms with Gasteiger partial charge in [-0.25, -0.2) is 18.7 Å². The molecule has 0 bridgehead atoms. The molecular formula is C30H31F2N9O. The van der Waals surface area contributed by atoms with Crippen LogP contribution in [-0.4, -0.2) is 44.6 Å². The van der Waals surface area contributed by atoms with Crippen molar-refractivity contribution < 1.29 is 13.6 Å². The summed E-state index contributed by atoms with van der Waals surface area (Å²) in [5.41, 5.74) is 7.17. The zero-order chi connectivity index (χ0) is 29.2. The van der Waals surface area contributed by atoms with Gasteiger partial charge in [0.2, 0.25) is 17.8 Å². The molecule has 1 saturated heterocycles. The number of carbonyl (C=O) groups excluding carboxylic acids is 1. The molecule has 2 aliphatic rings. The highest BCUT2D eigenvalue weighted by molar-refractivity contribution is 5.78. The van der Waals surface area contributed by atoms with Crippen molar-refractivity contribution in [2.75, 3.05) is 28.6 Å². The summed E-state index contributed by atoms with van der Waals surface area (Å²) in [5, 5.41) is 15.4. The molecule has 2 fully saturated rings. The van der Waals surface area contributed by atoms with E-state index in [1.54, 1.807) is 12.3 Å². The Balaban J connectivity index is 1.32. The van der Waals surface area contributed by atoms with Crippen molar-refractivity contribution in [3.05, 3.63) is 65.9 Å². The number of benzene rings is 2. The van der Waals surface area contributed by atoms with Gasteiger partial charge in [0, 0.05) is 36.8 Å². The lowest BCUT2D eigenvalue weighted by atomic mass is 9.85. The molecule has 42 heavy (non-hydrogen) atoms.